The van der Waals surface area contributed by atoms with Gasteiger partial charge in [-0.15, -0.1) is 5.54 Å². The number of rotatable bonds is 4. The fourth-order valence-electron chi connectivity index (χ4n) is 6.35. The van der Waals surface area contributed by atoms with Crippen LogP contribution in [0.1, 0.15) is 122 Å². The summed E-state index contributed by atoms with van der Waals surface area (Å²) in [6.45, 7) is 40.2. The lowest BCUT2D eigenvalue weighted by Gasteiger charge is -2.34. The Kier molecular flexibility index (Phi) is 11.8. The molecule has 4 aromatic rings. The molecule has 0 amide bonds. The molecule has 1 N–H and O–H groups in total. The molecular formula is C50H66O2Si2. The lowest BCUT2D eigenvalue weighted by Crippen LogP contribution is -2.32. The predicted molar refractivity (Wildman–Crippen MR) is 240 cm³/mol. The third kappa shape index (κ3) is 10.8. The van der Waals surface area contributed by atoms with Gasteiger partial charge in [0.2, 0.25) is 8.32 Å². The summed E-state index contributed by atoms with van der Waals surface area (Å²) in [7, 11) is -3.51. The summed E-state index contributed by atoms with van der Waals surface area (Å²) in [6.07, 6.45) is 0. The summed E-state index contributed by atoms with van der Waals surface area (Å²) < 4.78 is 6.88. The van der Waals surface area contributed by atoms with E-state index in [9.17, 15) is 5.11 Å². The second kappa shape index (κ2) is 14.9. The van der Waals surface area contributed by atoms with Gasteiger partial charge in [-0.1, -0.05) is 139 Å². The summed E-state index contributed by atoms with van der Waals surface area (Å²) in [5.41, 5.74) is 14.7. The van der Waals surface area contributed by atoms with Gasteiger partial charge in [-0.3, -0.25) is 0 Å². The Hall–Kier alpha value is -3.97. The van der Waals surface area contributed by atoms with Crippen LogP contribution >= 0.6 is 0 Å². The molecule has 0 aliphatic heterocycles. The van der Waals surface area contributed by atoms with Crippen molar-refractivity contribution in [2.75, 3.05) is 0 Å². The fraction of sp³-hybridized carbons (Fsp3) is 0.440. The van der Waals surface area contributed by atoms with Crippen LogP contribution in [0.3, 0.4) is 0 Å². The zero-order chi connectivity index (χ0) is 40.8. The highest BCUT2D eigenvalue weighted by Gasteiger charge is 2.31. The Morgan fingerprint density at radius 1 is 0.463 bits per heavy atom. The molecule has 0 unspecified atom stereocenters. The SMILES string of the molecule is CC(C)(C)c1cc(-c2ccc(C#Cc3cc(-c4cc(C(C)(C)C)c(O[Si](C)(C)C)c(C(C)(C)C)c4)ccc3C#C[Si](C)(C)C)cc2)cc(C(C)(C)C)c1O. The molecular weight excluding hydrogens is 689 g/mol. The molecule has 0 heterocycles. The molecule has 0 fully saturated rings. The van der Waals surface area contributed by atoms with Gasteiger partial charge in [0.15, 0.2) is 0 Å². The number of hydrogen-bond donors (Lipinski definition) is 1. The van der Waals surface area contributed by atoms with Gasteiger partial charge in [-0.05, 0) is 123 Å². The fourth-order valence-corrected chi connectivity index (χ4v) is 7.69. The molecule has 4 aromatic carbocycles. The topological polar surface area (TPSA) is 29.5 Å². The maximum atomic E-state index is 11.3. The van der Waals surface area contributed by atoms with Crippen LogP contribution in [0.25, 0.3) is 22.3 Å². The van der Waals surface area contributed by atoms with Crippen LogP contribution in [0.15, 0.2) is 66.7 Å². The zero-order valence-corrected chi connectivity index (χ0v) is 38.7. The standard InChI is InChI=1S/C50H66O2Si2/c1-47(2,3)41-30-39(31-42(45(41)51)48(4,5)6)35-22-19-34(20-23-35)21-24-37-29-38(26-25-36(37)27-28-53(13,14)15)40-32-43(49(7,8)9)46(52-54(16,17)18)44(33-40)50(10,11)12/h19-20,22-23,25-26,29-33,51H,1-18H3. The minimum absolute atomic E-state index is 0.106. The van der Waals surface area contributed by atoms with Crippen LogP contribution < -0.4 is 4.43 Å². The molecule has 2 nitrogen and oxygen atoms in total. The number of phenols is 1. The Bertz CT molecular complexity index is 2070. The Morgan fingerprint density at radius 2 is 0.889 bits per heavy atom. The van der Waals surface area contributed by atoms with Crippen molar-refractivity contribution in [3.8, 4) is 57.1 Å². The Morgan fingerprint density at radius 3 is 1.31 bits per heavy atom. The van der Waals surface area contributed by atoms with Crippen molar-refractivity contribution >= 4 is 16.4 Å². The Balaban J connectivity index is 1.87. The highest BCUT2D eigenvalue weighted by molar-refractivity contribution is 6.83. The number of aromatic hydroxyl groups is 1. The first-order valence-electron chi connectivity index (χ1n) is 19.5. The maximum Gasteiger partial charge on any atom is 0.242 e. The van der Waals surface area contributed by atoms with E-state index in [1.54, 1.807) is 0 Å². The third-order valence-corrected chi connectivity index (χ3v) is 11.0. The van der Waals surface area contributed by atoms with Crippen LogP contribution in [-0.4, -0.2) is 21.5 Å². The number of phenolic OH excluding ortho intramolecular Hbond substituents is 1. The van der Waals surface area contributed by atoms with Crippen LogP contribution in [-0.2, 0) is 21.7 Å². The van der Waals surface area contributed by atoms with Crippen LogP contribution in [0.5, 0.6) is 11.5 Å². The highest BCUT2D eigenvalue weighted by Crippen LogP contribution is 2.45. The van der Waals surface area contributed by atoms with Crippen molar-refractivity contribution < 1.29 is 9.53 Å². The van der Waals surface area contributed by atoms with Gasteiger partial charge in [-0.25, -0.2) is 0 Å². The monoisotopic (exact) mass is 754 g/mol. The van der Waals surface area contributed by atoms with Gasteiger partial charge in [0.05, 0.1) is 0 Å². The molecule has 0 saturated heterocycles. The lowest BCUT2D eigenvalue weighted by molar-refractivity contribution is 0.423. The molecule has 286 valence electrons. The first-order valence-corrected chi connectivity index (χ1v) is 26.4. The van der Waals surface area contributed by atoms with E-state index in [0.717, 1.165) is 50.3 Å². The van der Waals surface area contributed by atoms with Crippen molar-refractivity contribution in [2.24, 2.45) is 0 Å². The predicted octanol–water partition coefficient (Wildman–Crippen LogP) is 13.8. The van der Waals surface area contributed by atoms with Crippen LogP contribution in [0.2, 0.25) is 39.3 Å². The molecule has 4 rings (SSSR count). The molecule has 0 radical (unpaired) electrons. The first-order chi connectivity index (χ1) is 24.4. The van der Waals surface area contributed by atoms with E-state index in [2.05, 4.69) is 212 Å². The average Bonchev–Trinajstić information content (AvgIpc) is 3.00. The van der Waals surface area contributed by atoms with Gasteiger partial charge in [0.25, 0.3) is 0 Å². The molecule has 0 atom stereocenters. The molecule has 0 bridgehead atoms. The second-order valence-corrected chi connectivity index (χ2v) is 30.3. The molecule has 0 aromatic heterocycles. The molecule has 0 aliphatic carbocycles. The summed E-state index contributed by atoms with van der Waals surface area (Å²) in [4.78, 5) is 0. The van der Waals surface area contributed by atoms with Crippen molar-refractivity contribution in [1.82, 2.24) is 0 Å². The van der Waals surface area contributed by atoms with E-state index >= 15 is 0 Å². The largest absolute Gasteiger partial charge is 0.544 e. The lowest BCUT2D eigenvalue weighted by atomic mass is 9.77. The van der Waals surface area contributed by atoms with Crippen molar-refractivity contribution in [3.63, 3.8) is 0 Å². The van der Waals surface area contributed by atoms with E-state index in [1.165, 1.54) is 16.7 Å². The van der Waals surface area contributed by atoms with Crippen molar-refractivity contribution in [2.45, 2.75) is 144 Å². The summed E-state index contributed by atoms with van der Waals surface area (Å²) >= 11 is 0. The van der Waals surface area contributed by atoms with Gasteiger partial charge < -0.3 is 9.53 Å². The number of hydrogen-bond acceptors (Lipinski definition) is 2. The summed E-state index contributed by atoms with van der Waals surface area (Å²) in [5, 5.41) is 11.3. The van der Waals surface area contributed by atoms with Gasteiger partial charge in [0, 0.05) is 27.8 Å². The minimum atomic E-state index is -1.89. The molecule has 4 heteroatoms. The second-order valence-electron chi connectivity index (χ2n) is 21.1. The molecule has 0 saturated carbocycles. The van der Waals surface area contributed by atoms with E-state index < -0.39 is 16.4 Å². The van der Waals surface area contributed by atoms with E-state index in [4.69, 9.17) is 4.43 Å². The highest BCUT2D eigenvalue weighted by atomic mass is 28.4. The normalized spacial score (nSPS) is 12.8. The molecule has 0 spiro atoms. The van der Waals surface area contributed by atoms with E-state index in [1.807, 2.05) is 0 Å². The average molecular weight is 755 g/mol. The van der Waals surface area contributed by atoms with Crippen molar-refractivity contribution in [1.29, 1.82) is 0 Å². The van der Waals surface area contributed by atoms with Gasteiger partial charge >= 0.3 is 0 Å². The maximum absolute atomic E-state index is 11.3. The van der Waals surface area contributed by atoms with Crippen LogP contribution in [0.4, 0.5) is 0 Å². The van der Waals surface area contributed by atoms with E-state index in [0.29, 0.717) is 5.75 Å². The minimum Gasteiger partial charge on any atom is -0.544 e. The van der Waals surface area contributed by atoms with E-state index in [-0.39, 0.29) is 21.7 Å². The smallest absolute Gasteiger partial charge is 0.242 e. The molecule has 54 heavy (non-hydrogen) atoms. The number of benzene rings is 4. The molecule has 0 aliphatic rings. The van der Waals surface area contributed by atoms with Gasteiger partial charge in [-0.2, -0.15) is 0 Å². The first kappa shape index (κ1) is 42.8. The van der Waals surface area contributed by atoms with Crippen LogP contribution in [0, 0.1) is 23.3 Å². The Labute approximate surface area is 331 Å². The summed E-state index contributed by atoms with van der Waals surface area (Å²) in [5.74, 6) is 12.0. The summed E-state index contributed by atoms with van der Waals surface area (Å²) in [6, 6.07) is 24.0. The van der Waals surface area contributed by atoms with Gasteiger partial charge in [0.1, 0.15) is 19.6 Å². The zero-order valence-electron chi connectivity index (χ0n) is 36.7. The quantitative estimate of drug-likeness (QED) is 0.166. The van der Waals surface area contributed by atoms with Crippen molar-refractivity contribution in [3.05, 3.63) is 106 Å². The third-order valence-electron chi connectivity index (χ3n) is 9.32.